The van der Waals surface area contributed by atoms with Crippen molar-refractivity contribution >= 4 is 29.9 Å². The van der Waals surface area contributed by atoms with E-state index in [2.05, 4.69) is 52.8 Å². The van der Waals surface area contributed by atoms with Gasteiger partial charge in [-0.25, -0.2) is 0 Å². The number of benzene rings is 1. The normalized spacial score (nSPS) is 16.1. The maximum atomic E-state index is 5.53. The average Bonchev–Trinajstić information content (AvgIpc) is 2.74. The minimum Gasteiger partial charge on any atom is -0.382 e. The van der Waals surface area contributed by atoms with E-state index < -0.39 is 0 Å². The summed E-state index contributed by atoms with van der Waals surface area (Å²) in [5.41, 5.74) is 1.30. The van der Waals surface area contributed by atoms with Crippen molar-refractivity contribution in [3.8, 4) is 0 Å². The van der Waals surface area contributed by atoms with Crippen LogP contribution in [0.4, 0.5) is 0 Å². The van der Waals surface area contributed by atoms with Gasteiger partial charge in [-0.3, -0.25) is 9.89 Å². The van der Waals surface area contributed by atoms with Crippen LogP contribution in [0.15, 0.2) is 35.3 Å². The molecule has 0 aromatic heterocycles. The number of guanidine groups is 1. The van der Waals surface area contributed by atoms with E-state index in [1.807, 2.05) is 0 Å². The van der Waals surface area contributed by atoms with Gasteiger partial charge in [0.25, 0.3) is 0 Å². The van der Waals surface area contributed by atoms with Crippen molar-refractivity contribution in [1.29, 1.82) is 0 Å². The lowest BCUT2D eigenvalue weighted by Crippen LogP contribution is -2.42. The smallest absolute Gasteiger partial charge is 0.191 e. The van der Waals surface area contributed by atoms with E-state index in [9.17, 15) is 0 Å². The maximum absolute atomic E-state index is 5.53. The summed E-state index contributed by atoms with van der Waals surface area (Å²) < 4.78 is 16.0. The third-order valence-corrected chi connectivity index (χ3v) is 4.63. The second-order valence-electron chi connectivity index (χ2n) is 6.68. The highest BCUT2D eigenvalue weighted by Crippen LogP contribution is 2.22. The highest BCUT2D eigenvalue weighted by Gasteiger charge is 2.22. The Morgan fingerprint density at radius 2 is 1.90 bits per heavy atom. The van der Waals surface area contributed by atoms with Crippen LogP contribution in [0.2, 0.25) is 0 Å². The minimum atomic E-state index is 0. The first kappa shape index (κ1) is 26.1. The molecule has 1 saturated heterocycles. The Labute approximate surface area is 192 Å². The molecule has 1 aromatic carbocycles. The second-order valence-corrected chi connectivity index (χ2v) is 6.68. The summed E-state index contributed by atoms with van der Waals surface area (Å²) in [7, 11) is 1.68. The van der Waals surface area contributed by atoms with Gasteiger partial charge in [-0.2, -0.15) is 0 Å². The largest absolute Gasteiger partial charge is 0.382 e. The Kier molecular flexibility index (Phi) is 15.1. The quantitative estimate of drug-likeness (QED) is 0.191. The summed E-state index contributed by atoms with van der Waals surface area (Å²) in [6.45, 7) is 9.92. The molecule has 29 heavy (non-hydrogen) atoms. The van der Waals surface area contributed by atoms with Gasteiger partial charge in [0.05, 0.1) is 39.0 Å². The molecule has 0 bridgehead atoms. The van der Waals surface area contributed by atoms with Gasteiger partial charge in [0.2, 0.25) is 0 Å². The molecule has 0 spiro atoms. The van der Waals surface area contributed by atoms with Crippen LogP contribution >= 0.6 is 24.0 Å². The fraction of sp³-hybridized carbons (Fsp3) is 0.667. The molecule has 7 nitrogen and oxygen atoms in total. The number of aliphatic imine (C=N–C) groups is 1. The van der Waals surface area contributed by atoms with Crippen molar-refractivity contribution in [2.75, 3.05) is 72.9 Å². The standard InChI is InChI=1S/C21H36N4O3.HI/c1-3-22-21(23-10-7-13-27-17-16-26-2)24-18-20(19-8-5-4-6-9-19)25-11-14-28-15-12-25;/h4-6,8-9,20H,3,7,10-18H2,1-2H3,(H2,22,23,24);1H. The molecule has 1 unspecified atom stereocenters. The molecule has 166 valence electrons. The number of nitrogens with one attached hydrogen (secondary N) is 2. The van der Waals surface area contributed by atoms with E-state index in [1.54, 1.807) is 7.11 Å². The number of hydrogen-bond acceptors (Lipinski definition) is 5. The molecule has 8 heteroatoms. The molecule has 0 amide bonds. The molecule has 2 N–H and O–H groups in total. The van der Waals surface area contributed by atoms with Gasteiger partial charge in [0.15, 0.2) is 5.96 Å². The first-order chi connectivity index (χ1) is 13.8. The Balaban J connectivity index is 0.00000420. The van der Waals surface area contributed by atoms with Gasteiger partial charge < -0.3 is 24.8 Å². The third kappa shape index (κ3) is 10.6. The van der Waals surface area contributed by atoms with Crippen LogP contribution in [0.25, 0.3) is 0 Å². The number of rotatable bonds is 12. The lowest BCUT2D eigenvalue weighted by Gasteiger charge is -2.34. The summed E-state index contributed by atoms with van der Waals surface area (Å²) in [6.07, 6.45) is 0.930. The number of ether oxygens (including phenoxy) is 3. The monoisotopic (exact) mass is 520 g/mol. The molecule has 1 aliphatic heterocycles. The third-order valence-electron chi connectivity index (χ3n) is 4.63. The minimum absolute atomic E-state index is 0. The van der Waals surface area contributed by atoms with Crippen molar-refractivity contribution in [3.63, 3.8) is 0 Å². The Morgan fingerprint density at radius 3 is 2.59 bits per heavy atom. The molecule has 0 radical (unpaired) electrons. The number of nitrogens with zero attached hydrogens (tertiary/aromatic N) is 2. The summed E-state index contributed by atoms with van der Waals surface area (Å²) in [5, 5.41) is 6.74. The van der Waals surface area contributed by atoms with Crippen LogP contribution in [0.1, 0.15) is 24.9 Å². The molecule has 1 heterocycles. The van der Waals surface area contributed by atoms with E-state index in [0.717, 1.165) is 58.4 Å². The van der Waals surface area contributed by atoms with Gasteiger partial charge >= 0.3 is 0 Å². The lowest BCUT2D eigenvalue weighted by molar-refractivity contribution is 0.0179. The average molecular weight is 520 g/mol. The SMILES string of the molecule is CCNC(=NCC(c1ccccc1)N1CCOCC1)NCCCOCCOC.I. The topological polar surface area (TPSA) is 67.4 Å². The molecular weight excluding hydrogens is 483 g/mol. The molecule has 2 rings (SSSR count). The van der Waals surface area contributed by atoms with E-state index in [-0.39, 0.29) is 30.0 Å². The summed E-state index contributed by atoms with van der Waals surface area (Å²) in [6, 6.07) is 10.9. The van der Waals surface area contributed by atoms with Crippen LogP contribution in [0.5, 0.6) is 0 Å². The zero-order chi connectivity index (χ0) is 19.9. The van der Waals surface area contributed by atoms with E-state index in [1.165, 1.54) is 5.56 Å². The van der Waals surface area contributed by atoms with Crippen LogP contribution < -0.4 is 10.6 Å². The van der Waals surface area contributed by atoms with Crippen molar-refractivity contribution < 1.29 is 14.2 Å². The zero-order valence-electron chi connectivity index (χ0n) is 17.8. The van der Waals surface area contributed by atoms with Crippen LogP contribution in [0.3, 0.4) is 0 Å². The predicted molar refractivity (Wildman–Crippen MR) is 128 cm³/mol. The summed E-state index contributed by atoms with van der Waals surface area (Å²) in [4.78, 5) is 7.33. The van der Waals surface area contributed by atoms with Gasteiger partial charge in [0.1, 0.15) is 0 Å². The van der Waals surface area contributed by atoms with E-state index in [0.29, 0.717) is 19.8 Å². The molecule has 1 aliphatic rings. The number of hydrogen-bond donors (Lipinski definition) is 2. The second kappa shape index (κ2) is 16.8. The first-order valence-electron chi connectivity index (χ1n) is 10.3. The van der Waals surface area contributed by atoms with Crippen molar-refractivity contribution in [2.24, 2.45) is 4.99 Å². The molecule has 1 fully saturated rings. The molecule has 1 atom stereocenters. The molecular formula is C21H37IN4O3. The van der Waals surface area contributed by atoms with Crippen LogP contribution in [-0.2, 0) is 14.2 Å². The number of methoxy groups -OCH3 is 1. The maximum Gasteiger partial charge on any atom is 0.191 e. The summed E-state index contributed by atoms with van der Waals surface area (Å²) in [5.74, 6) is 0.855. The van der Waals surface area contributed by atoms with Crippen molar-refractivity contribution in [1.82, 2.24) is 15.5 Å². The van der Waals surface area contributed by atoms with Gasteiger partial charge in [0, 0.05) is 39.9 Å². The molecule has 0 saturated carbocycles. The van der Waals surface area contributed by atoms with Crippen molar-refractivity contribution in [3.05, 3.63) is 35.9 Å². The Morgan fingerprint density at radius 1 is 1.14 bits per heavy atom. The summed E-state index contributed by atoms with van der Waals surface area (Å²) >= 11 is 0. The fourth-order valence-corrected chi connectivity index (χ4v) is 3.14. The van der Waals surface area contributed by atoms with Gasteiger partial charge in [-0.05, 0) is 18.9 Å². The van der Waals surface area contributed by atoms with Crippen molar-refractivity contribution in [2.45, 2.75) is 19.4 Å². The van der Waals surface area contributed by atoms with Gasteiger partial charge in [-0.1, -0.05) is 30.3 Å². The Bertz CT molecular complexity index is 542. The highest BCUT2D eigenvalue weighted by molar-refractivity contribution is 14.0. The molecule has 0 aliphatic carbocycles. The highest BCUT2D eigenvalue weighted by atomic mass is 127. The van der Waals surface area contributed by atoms with E-state index in [4.69, 9.17) is 19.2 Å². The first-order valence-corrected chi connectivity index (χ1v) is 10.3. The van der Waals surface area contributed by atoms with Crippen LogP contribution in [0, 0.1) is 0 Å². The van der Waals surface area contributed by atoms with E-state index >= 15 is 0 Å². The van der Waals surface area contributed by atoms with Gasteiger partial charge in [-0.15, -0.1) is 24.0 Å². The zero-order valence-corrected chi connectivity index (χ0v) is 20.1. The Hall–Kier alpha value is -0.940. The molecule has 1 aromatic rings. The lowest BCUT2D eigenvalue weighted by atomic mass is 10.1. The number of morpholine rings is 1. The predicted octanol–water partition coefficient (Wildman–Crippen LogP) is 2.29. The fourth-order valence-electron chi connectivity index (χ4n) is 3.14. The van der Waals surface area contributed by atoms with Crippen LogP contribution in [-0.4, -0.2) is 83.7 Å². The number of halogens is 1.